The number of nitrogens with zero attached hydrogens (tertiary/aromatic N) is 5. The van der Waals surface area contributed by atoms with Gasteiger partial charge in [-0.3, -0.25) is 14.3 Å². The molecule has 3 rings (SSSR count). The molecule has 8 nitrogen and oxygen atoms in total. The zero-order valence-electron chi connectivity index (χ0n) is 14.5. The second-order valence-corrected chi connectivity index (χ2v) is 6.53. The minimum atomic E-state index is -0.391. The highest BCUT2D eigenvalue weighted by molar-refractivity contribution is 5.76. The van der Waals surface area contributed by atoms with Gasteiger partial charge >= 0.3 is 0 Å². The lowest BCUT2D eigenvalue weighted by molar-refractivity contribution is -0.132. The first-order valence-corrected chi connectivity index (χ1v) is 8.60. The maximum Gasteiger partial charge on any atom is 0.237 e. The first kappa shape index (κ1) is 17.2. The summed E-state index contributed by atoms with van der Waals surface area (Å²) in [5, 5.41) is 4.31. The molecule has 134 valence electrons. The van der Waals surface area contributed by atoms with Crippen molar-refractivity contribution in [1.82, 2.24) is 24.2 Å². The molecule has 8 heteroatoms. The Morgan fingerprint density at radius 2 is 2.20 bits per heavy atom. The van der Waals surface area contributed by atoms with E-state index in [4.69, 9.17) is 5.73 Å². The monoisotopic (exact) mass is 344 g/mol. The third-order valence-corrected chi connectivity index (χ3v) is 4.54. The van der Waals surface area contributed by atoms with Crippen molar-refractivity contribution in [3.63, 3.8) is 0 Å². The average molecular weight is 344 g/mol. The Kier molecular flexibility index (Phi) is 5.16. The molecule has 1 aliphatic heterocycles. The highest BCUT2D eigenvalue weighted by Crippen LogP contribution is 2.26. The fraction of sp³-hybridized carbons (Fsp3) is 0.529. The molecule has 0 radical (unpaired) electrons. The highest BCUT2D eigenvalue weighted by atomic mass is 16.2. The molecule has 3 heterocycles. The molecule has 25 heavy (non-hydrogen) atoms. The standard InChI is InChI=1S/C17H24N6O2/c1-13-4-8-23(20-13)9-5-16(25)21-7-2-3-14(11-21)17-19-6-10-22(17)12-15(18)24/h4,6,8,10,14H,2-3,5,7,9,11-12H2,1H3,(H2,18,24)/t14-/m1/s1. The molecule has 2 aromatic rings. The molecule has 1 fully saturated rings. The van der Waals surface area contributed by atoms with Gasteiger partial charge in [0.2, 0.25) is 11.8 Å². The molecule has 0 spiro atoms. The van der Waals surface area contributed by atoms with Gasteiger partial charge in [-0.25, -0.2) is 4.98 Å². The summed E-state index contributed by atoms with van der Waals surface area (Å²) in [6, 6.07) is 1.93. The van der Waals surface area contributed by atoms with Crippen molar-refractivity contribution in [2.75, 3.05) is 13.1 Å². The number of likely N-dealkylation sites (tertiary alicyclic amines) is 1. The normalized spacial score (nSPS) is 17.6. The summed E-state index contributed by atoms with van der Waals surface area (Å²) < 4.78 is 3.59. The zero-order valence-corrected chi connectivity index (χ0v) is 14.5. The largest absolute Gasteiger partial charge is 0.368 e. The molecule has 2 N–H and O–H groups in total. The second kappa shape index (κ2) is 7.50. The van der Waals surface area contributed by atoms with E-state index in [0.29, 0.717) is 19.5 Å². The van der Waals surface area contributed by atoms with Crippen LogP contribution in [0.15, 0.2) is 24.7 Å². The van der Waals surface area contributed by atoms with Gasteiger partial charge in [0.1, 0.15) is 12.4 Å². The SMILES string of the molecule is Cc1ccn(CCC(=O)N2CCC[C@@H](c3nccn3CC(N)=O)C2)n1. The van der Waals surface area contributed by atoms with Crippen molar-refractivity contribution in [1.29, 1.82) is 0 Å². The van der Waals surface area contributed by atoms with Gasteiger partial charge in [0.25, 0.3) is 0 Å². The second-order valence-electron chi connectivity index (χ2n) is 6.53. The molecule has 0 bridgehead atoms. The Hall–Kier alpha value is -2.64. The molecule has 0 unspecified atom stereocenters. The summed E-state index contributed by atoms with van der Waals surface area (Å²) in [7, 11) is 0. The molecular formula is C17H24N6O2. The molecule has 1 atom stereocenters. The van der Waals surface area contributed by atoms with Crippen molar-refractivity contribution in [3.8, 4) is 0 Å². The number of carbonyl (C=O) groups excluding carboxylic acids is 2. The predicted molar refractivity (Wildman–Crippen MR) is 91.6 cm³/mol. The lowest BCUT2D eigenvalue weighted by Gasteiger charge is -2.32. The van der Waals surface area contributed by atoms with Gasteiger partial charge in [-0.15, -0.1) is 0 Å². The van der Waals surface area contributed by atoms with Crippen molar-refractivity contribution >= 4 is 11.8 Å². The molecule has 1 aliphatic rings. The minimum Gasteiger partial charge on any atom is -0.368 e. The van der Waals surface area contributed by atoms with E-state index in [9.17, 15) is 9.59 Å². The van der Waals surface area contributed by atoms with Crippen molar-refractivity contribution in [2.24, 2.45) is 5.73 Å². The van der Waals surface area contributed by atoms with E-state index in [1.165, 1.54) is 0 Å². The van der Waals surface area contributed by atoms with Crippen molar-refractivity contribution in [2.45, 2.75) is 45.2 Å². The fourth-order valence-electron chi connectivity index (χ4n) is 3.35. The quantitative estimate of drug-likeness (QED) is 0.832. The number of hydrogen-bond donors (Lipinski definition) is 1. The molecule has 1 saturated heterocycles. The topological polar surface area (TPSA) is 99.0 Å². The molecule has 2 aromatic heterocycles. The van der Waals surface area contributed by atoms with E-state index in [1.807, 2.05) is 24.1 Å². The van der Waals surface area contributed by atoms with Crippen LogP contribution in [0.25, 0.3) is 0 Å². The molecule has 2 amide bonds. The molecule has 0 aromatic carbocycles. The van der Waals surface area contributed by atoms with Crippen LogP contribution in [0.3, 0.4) is 0 Å². The summed E-state index contributed by atoms with van der Waals surface area (Å²) >= 11 is 0. The Balaban J connectivity index is 1.60. The smallest absolute Gasteiger partial charge is 0.237 e. The van der Waals surface area contributed by atoms with Gasteiger partial charge in [-0.1, -0.05) is 0 Å². The van der Waals surface area contributed by atoms with Crippen molar-refractivity contribution < 1.29 is 9.59 Å². The highest BCUT2D eigenvalue weighted by Gasteiger charge is 2.27. The summed E-state index contributed by atoms with van der Waals surface area (Å²) in [6.07, 6.45) is 7.66. The van der Waals surface area contributed by atoms with Crippen LogP contribution < -0.4 is 5.73 Å². The number of hydrogen-bond acceptors (Lipinski definition) is 4. The summed E-state index contributed by atoms with van der Waals surface area (Å²) in [4.78, 5) is 30.0. The number of rotatable bonds is 6. The predicted octanol–water partition coefficient (Wildman–Crippen LogP) is 0.670. The van der Waals surface area contributed by atoms with Gasteiger partial charge in [0.15, 0.2) is 0 Å². The maximum atomic E-state index is 12.5. The van der Waals surface area contributed by atoms with Gasteiger partial charge < -0.3 is 15.2 Å². The minimum absolute atomic E-state index is 0.123. The molecule has 0 aliphatic carbocycles. The van der Waals surface area contributed by atoms with Crippen LogP contribution in [-0.2, 0) is 22.7 Å². The Bertz CT molecular complexity index is 750. The first-order chi connectivity index (χ1) is 12.0. The van der Waals surface area contributed by atoms with Crippen LogP contribution >= 0.6 is 0 Å². The van der Waals surface area contributed by atoms with Crippen molar-refractivity contribution in [3.05, 3.63) is 36.2 Å². The van der Waals surface area contributed by atoms with E-state index >= 15 is 0 Å². The van der Waals surface area contributed by atoms with E-state index in [0.717, 1.165) is 30.9 Å². The summed E-state index contributed by atoms with van der Waals surface area (Å²) in [5.74, 6) is 0.710. The van der Waals surface area contributed by atoms with Gasteiger partial charge in [0, 0.05) is 50.6 Å². The van der Waals surface area contributed by atoms with E-state index in [1.54, 1.807) is 21.6 Å². The number of imidazole rings is 1. The summed E-state index contributed by atoms with van der Waals surface area (Å²) in [5.41, 5.74) is 6.24. The Morgan fingerprint density at radius 3 is 2.92 bits per heavy atom. The average Bonchev–Trinajstić information content (AvgIpc) is 3.21. The van der Waals surface area contributed by atoms with Crippen LogP contribution in [0.2, 0.25) is 0 Å². The van der Waals surface area contributed by atoms with Crippen LogP contribution in [0.1, 0.15) is 36.7 Å². The first-order valence-electron chi connectivity index (χ1n) is 8.60. The lowest BCUT2D eigenvalue weighted by atomic mass is 9.96. The van der Waals surface area contributed by atoms with Crippen LogP contribution in [0, 0.1) is 6.92 Å². The number of aryl methyl sites for hydroxylation is 2. The number of nitrogens with two attached hydrogens (primary N) is 1. The third kappa shape index (κ3) is 4.26. The number of primary amides is 1. The van der Waals surface area contributed by atoms with E-state index in [2.05, 4.69) is 10.1 Å². The van der Waals surface area contributed by atoms with Gasteiger partial charge in [0.05, 0.1) is 5.69 Å². The number of piperidine rings is 1. The van der Waals surface area contributed by atoms with E-state index in [-0.39, 0.29) is 18.4 Å². The maximum absolute atomic E-state index is 12.5. The van der Waals surface area contributed by atoms with Crippen LogP contribution in [-0.4, -0.2) is 49.1 Å². The third-order valence-electron chi connectivity index (χ3n) is 4.54. The van der Waals surface area contributed by atoms with E-state index < -0.39 is 5.91 Å². The molecular weight excluding hydrogens is 320 g/mol. The number of aromatic nitrogens is 4. The van der Waals surface area contributed by atoms with Crippen LogP contribution in [0.5, 0.6) is 0 Å². The molecule has 0 saturated carbocycles. The van der Waals surface area contributed by atoms with Crippen LogP contribution in [0.4, 0.5) is 0 Å². The number of carbonyl (C=O) groups is 2. The Morgan fingerprint density at radius 1 is 1.36 bits per heavy atom. The zero-order chi connectivity index (χ0) is 17.8. The number of amides is 2. The fourth-order valence-corrected chi connectivity index (χ4v) is 3.35. The lowest BCUT2D eigenvalue weighted by Crippen LogP contribution is -2.40. The van der Waals surface area contributed by atoms with Gasteiger partial charge in [-0.05, 0) is 25.8 Å². The Labute approximate surface area is 146 Å². The van der Waals surface area contributed by atoms with Gasteiger partial charge in [-0.2, -0.15) is 5.10 Å². The summed E-state index contributed by atoms with van der Waals surface area (Å²) in [6.45, 7) is 4.04.